The second-order valence-electron chi connectivity index (χ2n) is 6.16. The van der Waals surface area contributed by atoms with E-state index in [0.717, 1.165) is 13.1 Å². The molecule has 8 heteroatoms. The van der Waals surface area contributed by atoms with Crippen LogP contribution < -0.4 is 10.6 Å². The summed E-state index contributed by atoms with van der Waals surface area (Å²) in [4.78, 5) is 16.7. The highest BCUT2D eigenvalue weighted by molar-refractivity contribution is 6.37. The Morgan fingerprint density at radius 1 is 1.38 bits per heavy atom. The zero-order chi connectivity index (χ0) is 17.3. The van der Waals surface area contributed by atoms with Crippen LogP contribution >= 0.6 is 23.2 Å². The van der Waals surface area contributed by atoms with Crippen molar-refractivity contribution in [1.82, 2.24) is 25.4 Å². The zero-order valence-electron chi connectivity index (χ0n) is 13.5. The molecule has 1 aromatic heterocycles. The Labute approximate surface area is 150 Å². The fourth-order valence-corrected chi connectivity index (χ4v) is 3.02. The summed E-state index contributed by atoms with van der Waals surface area (Å²) in [6.07, 6.45) is 0. The van der Waals surface area contributed by atoms with Crippen LogP contribution in [0.25, 0.3) is 5.69 Å². The van der Waals surface area contributed by atoms with Crippen molar-refractivity contribution in [2.45, 2.75) is 19.8 Å². The summed E-state index contributed by atoms with van der Waals surface area (Å²) in [5.41, 5.74) is 0.541. The molecule has 1 fully saturated rings. The van der Waals surface area contributed by atoms with Crippen molar-refractivity contribution in [3.8, 4) is 5.69 Å². The van der Waals surface area contributed by atoms with Crippen molar-refractivity contribution in [3.63, 3.8) is 0 Å². The number of aromatic nitrogens is 3. The molecule has 1 aliphatic rings. The fraction of sp³-hybridized carbons (Fsp3) is 0.438. The van der Waals surface area contributed by atoms with Gasteiger partial charge in [-0.25, -0.2) is 9.67 Å². The summed E-state index contributed by atoms with van der Waals surface area (Å²) in [6.45, 7) is 6.42. The summed E-state index contributed by atoms with van der Waals surface area (Å²) in [5, 5.41) is 11.3. The van der Waals surface area contributed by atoms with E-state index in [4.69, 9.17) is 23.2 Å². The minimum Gasteiger partial charge on any atom is -0.349 e. The standard InChI is InChI=1S/C16H19Cl2N5O/c1-9(2)15-21-14(16(24)20-8-10-6-19-7-10)22-23(15)13-11(17)4-3-5-12(13)18/h3-5,9-10,19H,6-8H2,1-2H3,(H,20,24). The van der Waals surface area contributed by atoms with E-state index in [1.54, 1.807) is 22.9 Å². The second-order valence-corrected chi connectivity index (χ2v) is 6.98. The molecular formula is C16H19Cl2N5O. The minimum absolute atomic E-state index is 0.0576. The number of nitrogens with zero attached hydrogens (tertiary/aromatic N) is 3. The molecule has 6 nitrogen and oxygen atoms in total. The van der Waals surface area contributed by atoms with Crippen molar-refractivity contribution in [2.24, 2.45) is 5.92 Å². The van der Waals surface area contributed by atoms with Crippen LogP contribution in [0.3, 0.4) is 0 Å². The number of carbonyl (C=O) groups excluding carboxylic acids is 1. The average Bonchev–Trinajstić information content (AvgIpc) is 2.90. The predicted octanol–water partition coefficient (Wildman–Crippen LogP) is 2.65. The maximum Gasteiger partial charge on any atom is 0.290 e. The number of halogens is 2. The quantitative estimate of drug-likeness (QED) is 0.851. The van der Waals surface area contributed by atoms with Gasteiger partial charge in [-0.3, -0.25) is 4.79 Å². The first-order valence-corrected chi connectivity index (χ1v) is 8.63. The Morgan fingerprint density at radius 3 is 2.58 bits per heavy atom. The van der Waals surface area contributed by atoms with E-state index in [2.05, 4.69) is 20.7 Å². The van der Waals surface area contributed by atoms with Crippen LogP contribution in [0, 0.1) is 5.92 Å². The second kappa shape index (κ2) is 7.09. The van der Waals surface area contributed by atoms with Crippen LogP contribution in [0.4, 0.5) is 0 Å². The van der Waals surface area contributed by atoms with Crippen LogP contribution in [0.5, 0.6) is 0 Å². The molecule has 2 heterocycles. The van der Waals surface area contributed by atoms with Gasteiger partial charge in [0.2, 0.25) is 5.82 Å². The van der Waals surface area contributed by atoms with Gasteiger partial charge in [0.1, 0.15) is 11.5 Å². The average molecular weight is 368 g/mol. The van der Waals surface area contributed by atoms with Crippen LogP contribution in [0.2, 0.25) is 10.0 Å². The number of hydrogen-bond acceptors (Lipinski definition) is 4. The summed E-state index contributed by atoms with van der Waals surface area (Å²) in [7, 11) is 0. The highest BCUT2D eigenvalue weighted by Crippen LogP contribution is 2.30. The Bertz CT molecular complexity index is 735. The van der Waals surface area contributed by atoms with Crippen molar-refractivity contribution in [1.29, 1.82) is 0 Å². The number of benzene rings is 1. The predicted molar refractivity (Wildman–Crippen MR) is 94.2 cm³/mol. The van der Waals surface area contributed by atoms with Crippen LogP contribution in [0.15, 0.2) is 18.2 Å². The van der Waals surface area contributed by atoms with E-state index in [1.165, 1.54) is 0 Å². The van der Waals surface area contributed by atoms with E-state index in [0.29, 0.717) is 34.0 Å². The molecule has 1 amide bonds. The normalized spacial score (nSPS) is 14.7. The van der Waals surface area contributed by atoms with Gasteiger partial charge in [0.05, 0.1) is 10.0 Å². The van der Waals surface area contributed by atoms with Gasteiger partial charge in [0, 0.05) is 31.5 Å². The van der Waals surface area contributed by atoms with Gasteiger partial charge in [0.25, 0.3) is 5.91 Å². The van der Waals surface area contributed by atoms with Crippen LogP contribution in [-0.4, -0.2) is 40.3 Å². The first-order chi connectivity index (χ1) is 11.5. The Morgan fingerprint density at radius 2 is 2.04 bits per heavy atom. The maximum atomic E-state index is 12.3. The van der Waals surface area contributed by atoms with Gasteiger partial charge in [-0.1, -0.05) is 43.1 Å². The molecule has 2 N–H and O–H groups in total. The lowest BCUT2D eigenvalue weighted by Gasteiger charge is -2.26. The lowest BCUT2D eigenvalue weighted by atomic mass is 10.0. The van der Waals surface area contributed by atoms with Gasteiger partial charge >= 0.3 is 0 Å². The Kier molecular flexibility index (Phi) is 5.08. The smallest absolute Gasteiger partial charge is 0.290 e. The van der Waals surface area contributed by atoms with Crippen molar-refractivity contribution in [3.05, 3.63) is 39.9 Å². The zero-order valence-corrected chi connectivity index (χ0v) is 15.0. The molecule has 3 rings (SSSR count). The van der Waals surface area contributed by atoms with Gasteiger partial charge in [-0.05, 0) is 12.1 Å². The third-order valence-electron chi connectivity index (χ3n) is 3.92. The summed E-state index contributed by atoms with van der Waals surface area (Å²) in [5.74, 6) is 1.01. The number of carbonyl (C=O) groups is 1. The molecule has 0 bridgehead atoms. The Hall–Kier alpha value is -1.63. The molecular weight excluding hydrogens is 349 g/mol. The van der Waals surface area contributed by atoms with E-state index in [1.807, 2.05) is 13.8 Å². The molecule has 1 aromatic carbocycles. The summed E-state index contributed by atoms with van der Waals surface area (Å²) >= 11 is 12.6. The molecule has 0 saturated carbocycles. The Balaban J connectivity index is 1.91. The van der Waals surface area contributed by atoms with Gasteiger partial charge < -0.3 is 10.6 Å². The largest absolute Gasteiger partial charge is 0.349 e. The highest BCUT2D eigenvalue weighted by Gasteiger charge is 2.23. The number of hydrogen-bond donors (Lipinski definition) is 2. The monoisotopic (exact) mass is 367 g/mol. The number of rotatable bonds is 5. The van der Waals surface area contributed by atoms with E-state index in [-0.39, 0.29) is 17.6 Å². The van der Waals surface area contributed by atoms with E-state index >= 15 is 0 Å². The SMILES string of the molecule is CC(C)c1nc(C(=O)NCC2CNC2)nn1-c1c(Cl)cccc1Cl. The molecule has 128 valence electrons. The molecule has 0 spiro atoms. The van der Waals surface area contributed by atoms with Crippen LogP contribution in [-0.2, 0) is 0 Å². The third kappa shape index (κ3) is 3.41. The van der Waals surface area contributed by atoms with Gasteiger partial charge in [-0.15, -0.1) is 5.10 Å². The molecule has 1 aliphatic heterocycles. The number of amides is 1. The van der Waals surface area contributed by atoms with Gasteiger partial charge in [0.15, 0.2) is 0 Å². The van der Waals surface area contributed by atoms with Crippen molar-refractivity contribution >= 4 is 29.1 Å². The molecule has 0 radical (unpaired) electrons. The summed E-state index contributed by atoms with van der Waals surface area (Å²) < 4.78 is 1.56. The number of nitrogens with one attached hydrogen (secondary N) is 2. The molecule has 1 saturated heterocycles. The first kappa shape index (κ1) is 17.2. The molecule has 24 heavy (non-hydrogen) atoms. The molecule has 0 aliphatic carbocycles. The lowest BCUT2D eigenvalue weighted by molar-refractivity contribution is 0.0932. The van der Waals surface area contributed by atoms with Crippen LogP contribution in [0.1, 0.15) is 36.2 Å². The summed E-state index contributed by atoms with van der Waals surface area (Å²) in [6, 6.07) is 5.23. The van der Waals surface area contributed by atoms with E-state index in [9.17, 15) is 4.79 Å². The molecule has 2 aromatic rings. The van der Waals surface area contributed by atoms with Crippen molar-refractivity contribution < 1.29 is 4.79 Å². The van der Waals surface area contributed by atoms with Crippen molar-refractivity contribution in [2.75, 3.05) is 19.6 Å². The minimum atomic E-state index is -0.286. The van der Waals surface area contributed by atoms with E-state index < -0.39 is 0 Å². The lowest BCUT2D eigenvalue weighted by Crippen LogP contribution is -2.48. The van der Waals surface area contributed by atoms with Gasteiger partial charge in [-0.2, -0.15) is 0 Å². The molecule has 0 unspecified atom stereocenters. The number of para-hydroxylation sites is 1. The third-order valence-corrected chi connectivity index (χ3v) is 4.53. The molecule has 0 atom stereocenters. The topological polar surface area (TPSA) is 71.8 Å². The fourth-order valence-electron chi connectivity index (χ4n) is 2.46. The maximum absolute atomic E-state index is 12.3. The first-order valence-electron chi connectivity index (χ1n) is 7.87. The highest BCUT2D eigenvalue weighted by atomic mass is 35.5.